The van der Waals surface area contributed by atoms with Gasteiger partial charge in [-0.05, 0) is 0 Å². The van der Waals surface area contributed by atoms with Gasteiger partial charge < -0.3 is 0 Å². The summed E-state index contributed by atoms with van der Waals surface area (Å²) in [5, 5.41) is 0. The summed E-state index contributed by atoms with van der Waals surface area (Å²) in [5.74, 6) is 0. The number of benzene rings is 6. The van der Waals surface area contributed by atoms with Crippen LogP contribution in [0.5, 0.6) is 0 Å². The first kappa shape index (κ1) is 34.3. The predicted molar refractivity (Wildman–Crippen MR) is 222 cm³/mol. The van der Waals surface area contributed by atoms with Gasteiger partial charge in [-0.25, -0.2) is 0 Å². The molecule has 0 unspecified atom stereocenters. The first-order valence-electron chi connectivity index (χ1n) is 15.9. The molecule has 0 nitrogen and oxygen atoms in total. The number of hydrogen-bond donors (Lipinski definition) is 0. The molecule has 1 heterocycles. The Bertz CT molecular complexity index is 1740. The van der Waals surface area contributed by atoms with Crippen molar-refractivity contribution in [3.63, 3.8) is 0 Å². The molecule has 7 rings (SSSR count). The number of thioether (sulfide) groups is 2. The van der Waals surface area contributed by atoms with E-state index in [2.05, 4.69) is 206 Å². The second-order valence-electron chi connectivity index (χ2n) is 11.6. The maximum absolute atomic E-state index is 5.94. The summed E-state index contributed by atoms with van der Waals surface area (Å²) < 4.78 is 15.0. The van der Waals surface area contributed by atoms with Gasteiger partial charge in [-0.2, -0.15) is 0 Å². The van der Waals surface area contributed by atoms with E-state index in [0.717, 1.165) is 10.7 Å². The van der Waals surface area contributed by atoms with E-state index in [1.54, 1.807) is 0 Å². The van der Waals surface area contributed by atoms with Gasteiger partial charge in [0, 0.05) is 0 Å². The van der Waals surface area contributed by atoms with Gasteiger partial charge in [-0.3, -0.25) is 0 Å². The second-order valence-corrected chi connectivity index (χ2v) is 42.5. The zero-order valence-electron chi connectivity index (χ0n) is 26.3. The predicted octanol–water partition coefficient (Wildman–Crippen LogP) is 8.14. The molecule has 0 saturated heterocycles. The van der Waals surface area contributed by atoms with Crippen molar-refractivity contribution in [3.8, 4) is 0 Å². The molecule has 0 bridgehead atoms. The summed E-state index contributed by atoms with van der Waals surface area (Å²) in [6.45, 7) is 0. The molecular weight excluding hydrogens is 890 g/mol. The van der Waals surface area contributed by atoms with Crippen LogP contribution in [0.2, 0.25) is 0 Å². The average Bonchev–Trinajstić information content (AvgIpc) is 3.53. The molecule has 0 aliphatic rings. The van der Waals surface area contributed by atoms with Crippen molar-refractivity contribution < 1.29 is 0 Å². The Hall–Kier alpha value is -2.11. The van der Waals surface area contributed by atoms with Crippen molar-refractivity contribution in [1.29, 1.82) is 0 Å². The summed E-state index contributed by atoms with van der Waals surface area (Å²) in [6.07, 6.45) is 0. The van der Waals surface area contributed by atoms with Gasteiger partial charge in [0.1, 0.15) is 0 Å². The summed E-state index contributed by atoms with van der Waals surface area (Å²) in [7, 11) is 0. The molecule has 7 heteroatoms. The monoisotopic (exact) mass is 926 g/mol. The molecule has 0 aliphatic heterocycles. The molecule has 236 valence electrons. The first-order chi connectivity index (χ1) is 23.7. The zero-order chi connectivity index (χ0) is 32.7. The van der Waals surface area contributed by atoms with E-state index in [1.807, 2.05) is 22.7 Å². The Balaban J connectivity index is 1.29. The molecule has 0 radical (unpaired) electrons. The van der Waals surface area contributed by atoms with Gasteiger partial charge in [0.05, 0.1) is 0 Å². The topological polar surface area (TPSA) is 0 Å². The third kappa shape index (κ3) is 7.20. The molecule has 0 aliphatic carbocycles. The molecule has 0 fully saturated rings. The van der Waals surface area contributed by atoms with Crippen molar-refractivity contribution in [2.75, 3.05) is 7.54 Å². The van der Waals surface area contributed by atoms with Crippen molar-refractivity contribution in [2.45, 2.75) is 8.42 Å². The van der Waals surface area contributed by atoms with Crippen LogP contribution in [0.4, 0.5) is 0 Å². The SMILES string of the molecule is S=c1sc(S[CH2][Sn]([c]2ccccc2)([c]2ccccc2)[c]2ccccc2)c(S[CH2][Sn]([c]2ccccc2)([c]2ccccc2)[c]2ccccc2)s1. The van der Waals surface area contributed by atoms with Crippen LogP contribution in [0, 0.1) is 3.14 Å². The Morgan fingerprint density at radius 3 is 0.771 bits per heavy atom. The van der Waals surface area contributed by atoms with E-state index >= 15 is 0 Å². The summed E-state index contributed by atoms with van der Waals surface area (Å²) in [5.41, 5.74) is 0. The van der Waals surface area contributed by atoms with Crippen molar-refractivity contribution in [2.24, 2.45) is 0 Å². The molecule has 7 aromatic rings. The molecule has 0 amide bonds. The summed E-state index contributed by atoms with van der Waals surface area (Å²) in [4.78, 5) is 0. The van der Waals surface area contributed by atoms with Crippen LogP contribution in [-0.4, -0.2) is 44.3 Å². The van der Waals surface area contributed by atoms with E-state index in [4.69, 9.17) is 12.2 Å². The Morgan fingerprint density at radius 2 is 0.562 bits per heavy atom. The van der Waals surface area contributed by atoms with Gasteiger partial charge >= 0.3 is 318 Å². The Morgan fingerprint density at radius 1 is 0.354 bits per heavy atom. The second kappa shape index (κ2) is 16.3. The Labute approximate surface area is 314 Å². The van der Waals surface area contributed by atoms with E-state index in [0.29, 0.717) is 0 Å². The van der Waals surface area contributed by atoms with Crippen LogP contribution >= 0.6 is 58.4 Å². The molecule has 0 spiro atoms. The van der Waals surface area contributed by atoms with Crippen LogP contribution in [0.15, 0.2) is 190 Å². The normalized spacial score (nSPS) is 11.8. The van der Waals surface area contributed by atoms with E-state index < -0.39 is 36.8 Å². The van der Waals surface area contributed by atoms with Gasteiger partial charge in [-0.1, -0.05) is 0 Å². The third-order valence-electron chi connectivity index (χ3n) is 8.96. The fourth-order valence-corrected chi connectivity index (χ4v) is 48.6. The van der Waals surface area contributed by atoms with Crippen LogP contribution in [0.25, 0.3) is 0 Å². The molecule has 0 N–H and O–H groups in total. The van der Waals surface area contributed by atoms with Crippen LogP contribution < -0.4 is 21.5 Å². The average molecular weight is 924 g/mol. The fourth-order valence-electron chi connectivity index (χ4n) is 6.62. The van der Waals surface area contributed by atoms with Crippen LogP contribution in [-0.2, 0) is 0 Å². The van der Waals surface area contributed by atoms with Crippen molar-refractivity contribution in [1.82, 2.24) is 0 Å². The van der Waals surface area contributed by atoms with Gasteiger partial charge in [-0.15, -0.1) is 0 Å². The zero-order valence-corrected chi connectivity index (χ0v) is 36.1. The van der Waals surface area contributed by atoms with Gasteiger partial charge in [0.25, 0.3) is 0 Å². The van der Waals surface area contributed by atoms with Crippen LogP contribution in [0.1, 0.15) is 0 Å². The molecular formula is C41H34S5Sn2. The van der Waals surface area contributed by atoms with E-state index in [9.17, 15) is 0 Å². The third-order valence-corrected chi connectivity index (χ3v) is 47.4. The molecule has 6 aromatic carbocycles. The standard InChI is InChI=1S/6C6H5.C5H4S5.2Sn/c6*1-2-4-6-5-3-1;1-7-3-4(8-2)10-5(6)9-3;;/h6*1-5H;1-2H2;;. The van der Waals surface area contributed by atoms with E-state index in [-0.39, 0.29) is 0 Å². The minimum absolute atomic E-state index is 1.01. The minimum atomic E-state index is -3.45. The molecule has 0 atom stereocenters. The first-order valence-corrected chi connectivity index (χ1v) is 32.5. The van der Waals surface area contributed by atoms with Crippen molar-refractivity contribution >= 4 is 117 Å². The van der Waals surface area contributed by atoms with Crippen LogP contribution in [0.3, 0.4) is 0 Å². The van der Waals surface area contributed by atoms with Gasteiger partial charge in [0.15, 0.2) is 0 Å². The van der Waals surface area contributed by atoms with E-state index in [1.165, 1.54) is 29.9 Å². The van der Waals surface area contributed by atoms with Gasteiger partial charge in [0.2, 0.25) is 0 Å². The molecule has 1 aromatic heterocycles. The molecule has 0 saturated carbocycles. The Kier molecular flexibility index (Phi) is 11.6. The number of hydrogen-bond acceptors (Lipinski definition) is 5. The molecule has 48 heavy (non-hydrogen) atoms. The van der Waals surface area contributed by atoms with Crippen molar-refractivity contribution in [3.05, 3.63) is 185 Å². The maximum atomic E-state index is 5.94. The fraction of sp³-hybridized carbons (Fsp3) is 0.0488. The summed E-state index contributed by atoms with van der Waals surface area (Å²) in [6, 6.07) is 68.1. The quantitative estimate of drug-likeness (QED) is 0.0691. The summed E-state index contributed by atoms with van der Waals surface area (Å²) >= 11 is 6.77. The number of rotatable bonds is 12.